The maximum Gasteiger partial charge on any atom is 0.220 e. The number of rotatable bonds is 7. The molecular weight excluding hydrogens is 226 g/mol. The van der Waals surface area contributed by atoms with Crippen molar-refractivity contribution in [2.75, 3.05) is 20.3 Å². The fourth-order valence-electron chi connectivity index (χ4n) is 1.79. The summed E-state index contributed by atoms with van der Waals surface area (Å²) in [6, 6.07) is 6.49. The Bertz CT molecular complexity index is 388. The van der Waals surface area contributed by atoms with Gasteiger partial charge in [0.2, 0.25) is 5.91 Å². The summed E-state index contributed by atoms with van der Waals surface area (Å²) in [5.74, 6) is 0.107. The Morgan fingerprint density at radius 2 is 2.06 bits per heavy atom. The minimum absolute atomic E-state index is 0.107. The molecule has 0 heterocycles. The Morgan fingerprint density at radius 3 is 2.72 bits per heavy atom. The second-order valence-corrected chi connectivity index (χ2v) is 4.61. The number of amides is 1. The van der Waals surface area contributed by atoms with Gasteiger partial charge in [-0.25, -0.2) is 0 Å². The van der Waals surface area contributed by atoms with Gasteiger partial charge in [0.15, 0.2) is 0 Å². The summed E-state index contributed by atoms with van der Waals surface area (Å²) in [6.07, 6.45) is 2.43. The largest absolute Gasteiger partial charge is 0.383 e. The number of hydrogen-bond acceptors (Lipinski definition) is 2. The van der Waals surface area contributed by atoms with E-state index < -0.39 is 0 Å². The Kier molecular flexibility index (Phi) is 6.44. The molecule has 3 nitrogen and oxygen atoms in total. The van der Waals surface area contributed by atoms with Crippen molar-refractivity contribution in [1.29, 1.82) is 0 Å². The number of aryl methyl sites for hydroxylation is 3. The van der Waals surface area contributed by atoms with E-state index in [1.54, 1.807) is 7.11 Å². The van der Waals surface area contributed by atoms with E-state index in [0.717, 1.165) is 12.8 Å². The van der Waals surface area contributed by atoms with Crippen LogP contribution in [0.5, 0.6) is 0 Å². The summed E-state index contributed by atoms with van der Waals surface area (Å²) in [4.78, 5) is 11.5. The third-order valence-electron chi connectivity index (χ3n) is 3.07. The van der Waals surface area contributed by atoms with E-state index in [0.29, 0.717) is 19.6 Å². The molecule has 1 aromatic rings. The van der Waals surface area contributed by atoms with Crippen molar-refractivity contribution in [3.8, 4) is 0 Å². The molecule has 0 aliphatic heterocycles. The molecule has 0 aliphatic rings. The Labute approximate surface area is 110 Å². The van der Waals surface area contributed by atoms with Crippen molar-refractivity contribution in [2.45, 2.75) is 33.1 Å². The zero-order chi connectivity index (χ0) is 13.4. The highest BCUT2D eigenvalue weighted by atomic mass is 16.5. The van der Waals surface area contributed by atoms with E-state index in [1.165, 1.54) is 16.7 Å². The van der Waals surface area contributed by atoms with E-state index in [1.807, 2.05) is 0 Å². The van der Waals surface area contributed by atoms with Crippen LogP contribution in [-0.2, 0) is 16.0 Å². The molecule has 0 spiro atoms. The molecule has 0 aromatic heterocycles. The van der Waals surface area contributed by atoms with Crippen LogP contribution in [0.4, 0.5) is 0 Å². The average Bonchev–Trinajstić information content (AvgIpc) is 2.34. The van der Waals surface area contributed by atoms with Crippen LogP contribution >= 0.6 is 0 Å². The summed E-state index contributed by atoms with van der Waals surface area (Å²) in [6.45, 7) is 5.40. The summed E-state index contributed by atoms with van der Waals surface area (Å²) >= 11 is 0. The average molecular weight is 249 g/mol. The first-order chi connectivity index (χ1) is 8.63. The van der Waals surface area contributed by atoms with Crippen LogP contribution in [0.2, 0.25) is 0 Å². The van der Waals surface area contributed by atoms with E-state index in [2.05, 4.69) is 37.4 Å². The van der Waals surface area contributed by atoms with Crippen LogP contribution in [0.1, 0.15) is 29.5 Å². The third-order valence-corrected chi connectivity index (χ3v) is 3.07. The normalized spacial score (nSPS) is 10.4. The van der Waals surface area contributed by atoms with Crippen LogP contribution in [-0.4, -0.2) is 26.2 Å². The van der Waals surface area contributed by atoms with Gasteiger partial charge in [-0.15, -0.1) is 0 Å². The number of ether oxygens (including phenoxy) is 1. The van der Waals surface area contributed by atoms with E-state index in [9.17, 15) is 4.79 Å². The molecule has 0 saturated heterocycles. The van der Waals surface area contributed by atoms with Crippen molar-refractivity contribution < 1.29 is 9.53 Å². The molecule has 1 N–H and O–H groups in total. The molecule has 0 saturated carbocycles. The van der Waals surface area contributed by atoms with Crippen molar-refractivity contribution in [1.82, 2.24) is 5.32 Å². The third kappa shape index (κ3) is 5.32. The minimum atomic E-state index is 0.107. The Hall–Kier alpha value is -1.35. The number of hydrogen-bond donors (Lipinski definition) is 1. The van der Waals surface area contributed by atoms with Crippen molar-refractivity contribution >= 4 is 5.91 Å². The summed E-state index contributed by atoms with van der Waals surface area (Å²) in [5.41, 5.74) is 3.94. The Balaban J connectivity index is 2.24. The van der Waals surface area contributed by atoms with Gasteiger partial charge < -0.3 is 10.1 Å². The van der Waals surface area contributed by atoms with Gasteiger partial charge in [-0.05, 0) is 43.4 Å². The predicted molar refractivity (Wildman–Crippen MR) is 73.7 cm³/mol. The van der Waals surface area contributed by atoms with Crippen molar-refractivity contribution in [2.24, 2.45) is 0 Å². The molecule has 0 unspecified atom stereocenters. The van der Waals surface area contributed by atoms with Crippen LogP contribution in [0.3, 0.4) is 0 Å². The highest BCUT2D eigenvalue weighted by molar-refractivity contribution is 5.75. The molecule has 1 rings (SSSR count). The van der Waals surface area contributed by atoms with Gasteiger partial charge >= 0.3 is 0 Å². The molecule has 0 atom stereocenters. The lowest BCUT2D eigenvalue weighted by atomic mass is 10.0. The van der Waals surface area contributed by atoms with Gasteiger partial charge in [0.25, 0.3) is 0 Å². The van der Waals surface area contributed by atoms with E-state index in [-0.39, 0.29) is 5.91 Å². The second-order valence-electron chi connectivity index (χ2n) is 4.61. The molecule has 18 heavy (non-hydrogen) atoms. The lowest BCUT2D eigenvalue weighted by molar-refractivity contribution is -0.121. The number of benzene rings is 1. The van der Waals surface area contributed by atoms with Gasteiger partial charge in [0.1, 0.15) is 0 Å². The number of carbonyl (C=O) groups is 1. The summed E-state index contributed by atoms with van der Waals surface area (Å²) in [5, 5.41) is 2.83. The maximum absolute atomic E-state index is 11.5. The molecule has 0 fully saturated rings. The van der Waals surface area contributed by atoms with Crippen LogP contribution in [0.25, 0.3) is 0 Å². The molecule has 0 radical (unpaired) electrons. The number of nitrogens with one attached hydrogen (secondary N) is 1. The van der Waals surface area contributed by atoms with Crippen LogP contribution < -0.4 is 5.32 Å². The summed E-state index contributed by atoms with van der Waals surface area (Å²) in [7, 11) is 1.63. The fraction of sp³-hybridized carbons (Fsp3) is 0.533. The van der Waals surface area contributed by atoms with E-state index in [4.69, 9.17) is 4.74 Å². The molecular formula is C15H23NO2. The lowest BCUT2D eigenvalue weighted by Gasteiger charge is -2.06. The number of methoxy groups -OCH3 is 1. The van der Waals surface area contributed by atoms with Gasteiger partial charge in [0, 0.05) is 20.1 Å². The van der Waals surface area contributed by atoms with Crippen molar-refractivity contribution in [3.63, 3.8) is 0 Å². The maximum atomic E-state index is 11.5. The molecule has 3 heteroatoms. The first-order valence-corrected chi connectivity index (χ1v) is 6.45. The van der Waals surface area contributed by atoms with Gasteiger partial charge in [-0.1, -0.05) is 18.2 Å². The fourth-order valence-corrected chi connectivity index (χ4v) is 1.79. The first kappa shape index (κ1) is 14.7. The lowest BCUT2D eigenvalue weighted by Crippen LogP contribution is -2.26. The van der Waals surface area contributed by atoms with Crippen LogP contribution in [0.15, 0.2) is 18.2 Å². The molecule has 0 bridgehead atoms. The zero-order valence-corrected chi connectivity index (χ0v) is 11.6. The molecule has 0 aliphatic carbocycles. The van der Waals surface area contributed by atoms with Gasteiger partial charge in [0.05, 0.1) is 6.61 Å². The monoisotopic (exact) mass is 249 g/mol. The Morgan fingerprint density at radius 1 is 1.28 bits per heavy atom. The smallest absolute Gasteiger partial charge is 0.220 e. The molecule has 1 amide bonds. The zero-order valence-electron chi connectivity index (χ0n) is 11.6. The quantitative estimate of drug-likeness (QED) is 0.754. The van der Waals surface area contributed by atoms with E-state index >= 15 is 0 Å². The van der Waals surface area contributed by atoms with Gasteiger partial charge in [-0.2, -0.15) is 0 Å². The molecule has 1 aromatic carbocycles. The van der Waals surface area contributed by atoms with Gasteiger partial charge in [-0.3, -0.25) is 4.79 Å². The van der Waals surface area contributed by atoms with Crippen molar-refractivity contribution in [3.05, 3.63) is 34.9 Å². The van der Waals surface area contributed by atoms with Crippen LogP contribution in [0, 0.1) is 13.8 Å². The number of carbonyl (C=O) groups excluding carboxylic acids is 1. The standard InChI is InChI=1S/C15H23NO2/c1-12-7-8-14(11-13(12)2)5-4-6-15(17)16-9-10-18-3/h7-8,11H,4-6,9-10H2,1-3H3,(H,16,17). The topological polar surface area (TPSA) is 38.3 Å². The predicted octanol–water partition coefficient (Wildman–Crippen LogP) is 2.39. The highest BCUT2D eigenvalue weighted by Crippen LogP contribution is 2.12. The minimum Gasteiger partial charge on any atom is -0.383 e. The molecule has 100 valence electrons. The first-order valence-electron chi connectivity index (χ1n) is 6.45. The highest BCUT2D eigenvalue weighted by Gasteiger charge is 2.01. The summed E-state index contributed by atoms with van der Waals surface area (Å²) < 4.78 is 4.88. The second kappa shape index (κ2) is 7.88. The SMILES string of the molecule is COCCNC(=O)CCCc1ccc(C)c(C)c1.